The molecule has 1 N–H and O–H groups in total. The maximum absolute atomic E-state index is 6.21. The van der Waals surface area contributed by atoms with Crippen molar-refractivity contribution in [2.75, 3.05) is 12.4 Å². The normalized spacial score (nSPS) is 11.1. The smallest absolute Gasteiger partial charge is 0.245 e. The summed E-state index contributed by atoms with van der Waals surface area (Å²) >= 11 is 6.21. The Morgan fingerprint density at radius 2 is 1.93 bits per heavy atom. The number of hydrogen-bond acceptors (Lipinski definition) is 5. The maximum Gasteiger partial charge on any atom is 0.245 e. The molecule has 0 saturated carbocycles. The quantitative estimate of drug-likeness (QED) is 0.439. The Balaban J connectivity index is 1.56. The molecule has 0 aliphatic carbocycles. The van der Waals surface area contributed by atoms with Crippen LogP contribution in [0, 0.1) is 0 Å². The van der Waals surface area contributed by atoms with Crippen molar-refractivity contribution in [1.29, 1.82) is 0 Å². The minimum absolute atomic E-state index is 0.485. The zero-order valence-corrected chi connectivity index (χ0v) is 16.3. The van der Waals surface area contributed by atoms with E-state index < -0.39 is 0 Å². The van der Waals surface area contributed by atoms with E-state index in [1.165, 1.54) is 0 Å². The Morgan fingerprint density at radius 1 is 1.00 bits per heavy atom. The molecule has 0 spiro atoms. The number of pyridine rings is 1. The lowest BCUT2D eigenvalue weighted by Gasteiger charge is -2.10. The van der Waals surface area contributed by atoms with E-state index in [1.807, 2.05) is 59.1 Å². The van der Waals surface area contributed by atoms with Crippen molar-refractivity contribution in [3.63, 3.8) is 0 Å². The number of methoxy groups -OCH3 is 1. The zero-order valence-electron chi connectivity index (χ0n) is 15.5. The summed E-state index contributed by atoms with van der Waals surface area (Å²) in [5.74, 6) is 1.21. The Bertz CT molecular complexity index is 1350. The lowest BCUT2D eigenvalue weighted by Crippen LogP contribution is -2.03. The second kappa shape index (κ2) is 7.07. The number of halogens is 1. The van der Waals surface area contributed by atoms with Gasteiger partial charge in [0.15, 0.2) is 0 Å². The summed E-state index contributed by atoms with van der Waals surface area (Å²) in [4.78, 5) is 8.78. The molecular formula is C22H16ClN5O. The van der Waals surface area contributed by atoms with E-state index in [1.54, 1.807) is 25.6 Å². The average molecular weight is 402 g/mol. The molecule has 3 heterocycles. The van der Waals surface area contributed by atoms with Gasteiger partial charge in [0.05, 0.1) is 30.0 Å². The molecular weight excluding hydrogens is 386 g/mol. The van der Waals surface area contributed by atoms with Crippen LogP contribution in [0.4, 0.5) is 11.6 Å². The van der Waals surface area contributed by atoms with Crippen LogP contribution in [0.3, 0.4) is 0 Å². The van der Waals surface area contributed by atoms with Crippen molar-refractivity contribution in [2.45, 2.75) is 0 Å². The molecule has 0 saturated heterocycles. The van der Waals surface area contributed by atoms with E-state index in [2.05, 4.69) is 20.4 Å². The van der Waals surface area contributed by atoms with Crippen molar-refractivity contribution in [3.8, 4) is 17.0 Å². The van der Waals surface area contributed by atoms with E-state index in [0.717, 1.165) is 39.1 Å². The number of anilines is 2. The highest BCUT2D eigenvalue weighted by atomic mass is 35.5. The predicted octanol–water partition coefficient (Wildman–Crippen LogP) is 5.35. The number of nitrogens with zero attached hydrogens (tertiary/aromatic N) is 4. The molecule has 7 heteroatoms. The standard InChI is InChI=1S/C22H16ClN5O/c1-29-21-9-4-15(23)12-18(21)20-8-6-17-13-25-22(27-28(17)20)26-16-5-7-19-14(11-16)3-2-10-24-19/h2-13H,1H3,(H,26,27). The number of hydrogen-bond donors (Lipinski definition) is 1. The summed E-state index contributed by atoms with van der Waals surface area (Å²) in [5, 5.41) is 9.62. The van der Waals surface area contributed by atoms with Crippen molar-refractivity contribution < 1.29 is 4.74 Å². The van der Waals surface area contributed by atoms with Crippen LogP contribution in [0.2, 0.25) is 5.02 Å². The van der Waals surface area contributed by atoms with Crippen LogP contribution in [0.5, 0.6) is 5.75 Å². The van der Waals surface area contributed by atoms with E-state index in [0.29, 0.717) is 11.0 Å². The monoisotopic (exact) mass is 401 g/mol. The molecule has 3 aromatic heterocycles. The van der Waals surface area contributed by atoms with Crippen LogP contribution < -0.4 is 10.1 Å². The summed E-state index contributed by atoms with van der Waals surface area (Å²) in [7, 11) is 1.64. The largest absolute Gasteiger partial charge is 0.496 e. The molecule has 29 heavy (non-hydrogen) atoms. The third-order valence-corrected chi connectivity index (χ3v) is 4.93. The van der Waals surface area contributed by atoms with Gasteiger partial charge in [0.1, 0.15) is 5.75 Å². The molecule has 2 aromatic carbocycles. The van der Waals surface area contributed by atoms with Crippen LogP contribution in [0.25, 0.3) is 27.7 Å². The molecule has 0 fully saturated rings. The van der Waals surface area contributed by atoms with Gasteiger partial charge in [-0.25, -0.2) is 9.50 Å². The van der Waals surface area contributed by atoms with E-state index >= 15 is 0 Å². The molecule has 0 amide bonds. The third-order valence-electron chi connectivity index (χ3n) is 4.70. The summed E-state index contributed by atoms with van der Waals surface area (Å²) < 4.78 is 7.33. The molecule has 142 valence electrons. The summed E-state index contributed by atoms with van der Waals surface area (Å²) in [6.45, 7) is 0. The number of rotatable bonds is 4. The van der Waals surface area contributed by atoms with E-state index in [4.69, 9.17) is 16.3 Å². The molecule has 0 atom stereocenters. The first-order valence-electron chi connectivity index (χ1n) is 9.02. The van der Waals surface area contributed by atoms with Gasteiger partial charge < -0.3 is 10.1 Å². The highest BCUT2D eigenvalue weighted by molar-refractivity contribution is 6.31. The van der Waals surface area contributed by atoms with E-state index in [-0.39, 0.29) is 0 Å². The highest BCUT2D eigenvalue weighted by Crippen LogP contribution is 2.33. The van der Waals surface area contributed by atoms with Crippen LogP contribution in [0.1, 0.15) is 0 Å². The van der Waals surface area contributed by atoms with Crippen molar-refractivity contribution in [3.05, 3.63) is 78.1 Å². The number of fused-ring (bicyclic) bond motifs is 2. The lowest BCUT2D eigenvalue weighted by molar-refractivity contribution is 0.416. The molecule has 0 bridgehead atoms. The SMILES string of the molecule is COc1ccc(Cl)cc1-c1ccc2cnc(Nc3ccc4ncccc4c3)nn12. The van der Waals surface area contributed by atoms with Gasteiger partial charge >= 0.3 is 0 Å². The molecule has 5 rings (SSSR count). The van der Waals surface area contributed by atoms with Crippen LogP contribution in [0.15, 0.2) is 73.1 Å². The van der Waals surface area contributed by atoms with Gasteiger partial charge in [-0.15, -0.1) is 5.10 Å². The van der Waals surface area contributed by atoms with Crippen LogP contribution in [-0.2, 0) is 0 Å². The first-order valence-corrected chi connectivity index (χ1v) is 9.39. The average Bonchev–Trinajstić information content (AvgIpc) is 3.17. The summed E-state index contributed by atoms with van der Waals surface area (Å²) in [6, 6.07) is 19.3. The van der Waals surface area contributed by atoms with Crippen molar-refractivity contribution >= 4 is 39.7 Å². The van der Waals surface area contributed by atoms with Crippen molar-refractivity contribution in [1.82, 2.24) is 19.6 Å². The Morgan fingerprint density at radius 3 is 2.83 bits per heavy atom. The van der Waals surface area contributed by atoms with Gasteiger partial charge in [0.2, 0.25) is 5.95 Å². The van der Waals surface area contributed by atoms with E-state index in [9.17, 15) is 0 Å². The minimum atomic E-state index is 0.485. The van der Waals surface area contributed by atoms with Gasteiger partial charge in [-0.1, -0.05) is 17.7 Å². The molecule has 6 nitrogen and oxygen atoms in total. The van der Waals surface area contributed by atoms with Crippen LogP contribution >= 0.6 is 11.6 Å². The molecule has 0 unspecified atom stereocenters. The Labute approximate surface area is 171 Å². The summed E-state index contributed by atoms with van der Waals surface area (Å²) in [5.41, 5.74) is 4.43. The van der Waals surface area contributed by atoms with Gasteiger partial charge in [0, 0.05) is 27.9 Å². The topological polar surface area (TPSA) is 64.3 Å². The fourth-order valence-electron chi connectivity index (χ4n) is 3.33. The Kier molecular flexibility index (Phi) is 4.26. The number of benzene rings is 2. The number of aromatic nitrogens is 4. The summed E-state index contributed by atoms with van der Waals surface area (Å²) in [6.07, 6.45) is 3.56. The predicted molar refractivity (Wildman–Crippen MR) is 115 cm³/mol. The Hall–Kier alpha value is -3.64. The molecule has 0 aliphatic rings. The van der Waals surface area contributed by atoms with Gasteiger partial charge in [-0.2, -0.15) is 0 Å². The first-order chi connectivity index (χ1) is 14.2. The lowest BCUT2D eigenvalue weighted by atomic mass is 10.1. The fraction of sp³-hybridized carbons (Fsp3) is 0.0455. The molecule has 0 radical (unpaired) electrons. The molecule has 5 aromatic rings. The van der Waals surface area contributed by atoms with Gasteiger partial charge in [0.25, 0.3) is 0 Å². The van der Waals surface area contributed by atoms with Crippen LogP contribution in [-0.4, -0.2) is 26.7 Å². The van der Waals surface area contributed by atoms with Crippen molar-refractivity contribution in [2.24, 2.45) is 0 Å². The number of ether oxygens (including phenoxy) is 1. The fourth-order valence-corrected chi connectivity index (χ4v) is 3.50. The molecule has 0 aliphatic heterocycles. The minimum Gasteiger partial charge on any atom is -0.496 e. The maximum atomic E-state index is 6.21. The second-order valence-corrected chi connectivity index (χ2v) is 6.95. The third kappa shape index (κ3) is 3.23. The second-order valence-electron chi connectivity index (χ2n) is 6.52. The van der Waals surface area contributed by atoms with Gasteiger partial charge in [-0.3, -0.25) is 4.98 Å². The number of nitrogens with one attached hydrogen (secondary N) is 1. The zero-order chi connectivity index (χ0) is 19.8. The first kappa shape index (κ1) is 17.5. The van der Waals surface area contributed by atoms with Gasteiger partial charge in [-0.05, 0) is 54.6 Å². The highest BCUT2D eigenvalue weighted by Gasteiger charge is 2.13.